The van der Waals surface area contributed by atoms with Gasteiger partial charge in [0, 0.05) is 56.9 Å². The molecular formula is C39H46N4O6. The smallest absolute Gasteiger partial charge is 0.295 e. The molecule has 0 aliphatic rings. The van der Waals surface area contributed by atoms with Gasteiger partial charge in [-0.1, -0.05) is 44.2 Å². The van der Waals surface area contributed by atoms with Crippen LogP contribution in [0, 0.1) is 0 Å². The van der Waals surface area contributed by atoms with Crippen molar-refractivity contribution in [2.75, 3.05) is 35.4 Å². The first-order valence-corrected chi connectivity index (χ1v) is 16.3. The highest BCUT2D eigenvalue weighted by atomic mass is 16.5. The predicted octanol–water partition coefficient (Wildman–Crippen LogP) is 5.97. The third-order valence-electron chi connectivity index (χ3n) is 9.16. The number of Topliss-reactive ketones (excluding diaryl/α,β-unsaturated/α-hetero) is 1. The van der Waals surface area contributed by atoms with E-state index >= 15 is 0 Å². The summed E-state index contributed by atoms with van der Waals surface area (Å²) in [6.07, 6.45) is 8.69. The molecule has 2 aromatic heterocycles. The Labute approximate surface area is 289 Å². The van der Waals surface area contributed by atoms with Crippen molar-refractivity contribution in [1.82, 2.24) is 19.8 Å². The van der Waals surface area contributed by atoms with Crippen LogP contribution in [0.5, 0.6) is 17.2 Å². The highest BCUT2D eigenvalue weighted by Gasteiger charge is 2.36. The van der Waals surface area contributed by atoms with Crippen LogP contribution in [0.1, 0.15) is 65.6 Å². The van der Waals surface area contributed by atoms with Crippen molar-refractivity contribution >= 4 is 17.6 Å². The van der Waals surface area contributed by atoms with Crippen LogP contribution in [0.15, 0.2) is 91.5 Å². The molecule has 2 amide bonds. The Morgan fingerprint density at radius 3 is 1.63 bits per heavy atom. The van der Waals surface area contributed by atoms with E-state index in [4.69, 9.17) is 14.2 Å². The average Bonchev–Trinajstić information content (AvgIpc) is 3.15. The number of methoxy groups -OCH3 is 3. The van der Waals surface area contributed by atoms with E-state index in [9.17, 15) is 14.4 Å². The number of likely N-dealkylation sites (N-methyl/N-ethyl adjacent to an activating group) is 2. The Morgan fingerprint density at radius 2 is 1.18 bits per heavy atom. The molecule has 0 N–H and O–H groups in total. The van der Waals surface area contributed by atoms with Crippen molar-refractivity contribution in [2.45, 2.75) is 57.0 Å². The fraction of sp³-hybridized carbons (Fsp3) is 0.359. The summed E-state index contributed by atoms with van der Waals surface area (Å²) in [6, 6.07) is 19.2. The Bertz CT molecular complexity index is 1610. The molecule has 49 heavy (non-hydrogen) atoms. The molecule has 2 heterocycles. The van der Waals surface area contributed by atoms with Crippen LogP contribution < -0.4 is 14.2 Å². The van der Waals surface area contributed by atoms with Gasteiger partial charge in [-0.2, -0.15) is 0 Å². The number of ether oxygens (including phenoxy) is 3. The van der Waals surface area contributed by atoms with Crippen molar-refractivity contribution < 1.29 is 28.6 Å². The molecule has 0 bridgehead atoms. The van der Waals surface area contributed by atoms with Crippen LogP contribution in [0.3, 0.4) is 0 Å². The number of ketones is 1. The molecule has 0 aliphatic carbocycles. The summed E-state index contributed by atoms with van der Waals surface area (Å²) in [6.45, 7) is 4.29. The monoisotopic (exact) mass is 666 g/mol. The highest BCUT2D eigenvalue weighted by molar-refractivity contribution is 6.43. The quantitative estimate of drug-likeness (QED) is 0.106. The molecule has 3 atom stereocenters. The van der Waals surface area contributed by atoms with Gasteiger partial charge in [-0.3, -0.25) is 24.4 Å². The Kier molecular flexibility index (Phi) is 12.9. The summed E-state index contributed by atoms with van der Waals surface area (Å²) in [5.74, 6) is -0.852. The van der Waals surface area contributed by atoms with Gasteiger partial charge in [-0.25, -0.2) is 0 Å². The molecule has 0 saturated heterocycles. The summed E-state index contributed by atoms with van der Waals surface area (Å²) in [4.78, 5) is 53.7. The lowest BCUT2D eigenvalue weighted by atomic mass is 9.86. The van der Waals surface area contributed by atoms with Gasteiger partial charge in [-0.15, -0.1) is 0 Å². The third kappa shape index (κ3) is 9.01. The second kappa shape index (κ2) is 17.2. The molecule has 4 rings (SSSR count). The van der Waals surface area contributed by atoms with E-state index in [1.807, 2.05) is 54.6 Å². The van der Waals surface area contributed by atoms with Gasteiger partial charge >= 0.3 is 0 Å². The van der Waals surface area contributed by atoms with E-state index in [1.165, 1.54) is 45.4 Å². The van der Waals surface area contributed by atoms with E-state index in [2.05, 4.69) is 23.8 Å². The van der Waals surface area contributed by atoms with Crippen molar-refractivity contribution in [3.8, 4) is 17.2 Å². The van der Waals surface area contributed by atoms with Crippen molar-refractivity contribution in [2.24, 2.45) is 0 Å². The maximum atomic E-state index is 14.7. The van der Waals surface area contributed by atoms with Gasteiger partial charge in [0.05, 0.1) is 21.3 Å². The van der Waals surface area contributed by atoms with Crippen molar-refractivity contribution in [3.63, 3.8) is 0 Å². The fourth-order valence-corrected chi connectivity index (χ4v) is 6.16. The maximum absolute atomic E-state index is 14.7. The highest BCUT2D eigenvalue weighted by Crippen LogP contribution is 2.38. The van der Waals surface area contributed by atoms with Crippen molar-refractivity contribution in [3.05, 3.63) is 114 Å². The van der Waals surface area contributed by atoms with Gasteiger partial charge in [0.1, 0.15) is 6.04 Å². The minimum Gasteiger partial charge on any atom is -0.493 e. The van der Waals surface area contributed by atoms with Crippen LogP contribution in [0.25, 0.3) is 0 Å². The van der Waals surface area contributed by atoms with E-state index in [0.717, 1.165) is 16.7 Å². The molecule has 10 nitrogen and oxygen atoms in total. The number of carbonyl (C=O) groups excluding carboxylic acids is 3. The van der Waals surface area contributed by atoms with E-state index < -0.39 is 17.7 Å². The van der Waals surface area contributed by atoms with Crippen LogP contribution in [0.2, 0.25) is 0 Å². The second-order valence-electron chi connectivity index (χ2n) is 12.3. The number of nitrogens with zero attached hydrogens (tertiary/aromatic N) is 4. The summed E-state index contributed by atoms with van der Waals surface area (Å²) >= 11 is 0. The van der Waals surface area contributed by atoms with E-state index in [1.54, 1.807) is 36.7 Å². The Balaban J connectivity index is 1.68. The summed E-state index contributed by atoms with van der Waals surface area (Å²) in [5.41, 5.74) is 3.17. The van der Waals surface area contributed by atoms with E-state index in [-0.39, 0.29) is 47.3 Å². The molecule has 4 aromatic rings. The lowest BCUT2D eigenvalue weighted by Gasteiger charge is -2.37. The topological polar surface area (TPSA) is 111 Å². The standard InChI is InChI=1S/C39H46N4O6/c1-26(29-13-17-40-18-14-29)21-32(22-27(2)30-15-19-41-20-16-30)42(3)38(45)33(23-28-11-9-8-10-12-28)43(4)39(46)36(44)31-24-34(47-5)37(49-7)35(25-31)48-6/h8-20,24-27,32-33H,21-23H2,1-7H3. The number of amides is 2. The molecule has 0 fully saturated rings. The molecule has 0 spiro atoms. The number of carbonyl (C=O) groups is 3. The van der Waals surface area contributed by atoms with Gasteiger partial charge in [-0.05, 0) is 77.8 Å². The number of aromatic nitrogens is 2. The van der Waals surface area contributed by atoms with Crippen LogP contribution >= 0.6 is 0 Å². The molecule has 0 saturated carbocycles. The predicted molar refractivity (Wildman–Crippen MR) is 188 cm³/mol. The molecule has 10 heteroatoms. The van der Waals surface area contributed by atoms with Crippen molar-refractivity contribution in [1.29, 1.82) is 0 Å². The Morgan fingerprint density at radius 1 is 0.694 bits per heavy atom. The van der Waals surface area contributed by atoms with Crippen LogP contribution in [0.4, 0.5) is 0 Å². The molecule has 0 aliphatic heterocycles. The van der Waals surface area contributed by atoms with E-state index in [0.29, 0.717) is 18.6 Å². The number of rotatable bonds is 16. The fourth-order valence-electron chi connectivity index (χ4n) is 6.16. The lowest BCUT2D eigenvalue weighted by Crippen LogP contribution is -2.53. The van der Waals surface area contributed by atoms with Gasteiger partial charge in [0.2, 0.25) is 11.7 Å². The van der Waals surface area contributed by atoms with Gasteiger partial charge < -0.3 is 24.0 Å². The number of benzene rings is 2. The molecule has 0 radical (unpaired) electrons. The first-order chi connectivity index (χ1) is 23.6. The van der Waals surface area contributed by atoms with Gasteiger partial charge in [0.25, 0.3) is 11.7 Å². The number of hydrogen-bond donors (Lipinski definition) is 0. The van der Waals surface area contributed by atoms with Crippen LogP contribution in [-0.2, 0) is 16.0 Å². The summed E-state index contributed by atoms with van der Waals surface area (Å²) in [5, 5.41) is 0. The largest absolute Gasteiger partial charge is 0.493 e. The minimum absolute atomic E-state index is 0.0563. The Hall–Kier alpha value is -5.25. The zero-order chi connectivity index (χ0) is 35.5. The lowest BCUT2D eigenvalue weighted by molar-refractivity contribution is -0.143. The molecular weight excluding hydrogens is 620 g/mol. The zero-order valence-electron chi connectivity index (χ0n) is 29.3. The first-order valence-electron chi connectivity index (χ1n) is 16.3. The van der Waals surface area contributed by atoms with Crippen LogP contribution in [-0.4, -0.2) is 84.9 Å². The zero-order valence-corrected chi connectivity index (χ0v) is 29.3. The van der Waals surface area contributed by atoms with Gasteiger partial charge in [0.15, 0.2) is 11.5 Å². The second-order valence-corrected chi connectivity index (χ2v) is 12.3. The normalized spacial score (nSPS) is 13.4. The maximum Gasteiger partial charge on any atom is 0.295 e. The number of pyridine rings is 2. The summed E-state index contributed by atoms with van der Waals surface area (Å²) < 4.78 is 16.2. The average molecular weight is 667 g/mol. The minimum atomic E-state index is -0.958. The summed E-state index contributed by atoms with van der Waals surface area (Å²) in [7, 11) is 7.63. The first kappa shape index (κ1) is 36.6. The SMILES string of the molecule is COc1cc(C(=O)C(=O)N(C)C(Cc2ccccc2)C(=O)N(C)C(CC(C)c2ccncc2)CC(C)c2ccncc2)cc(OC)c1OC. The molecule has 2 aromatic carbocycles. The molecule has 258 valence electrons. The molecule has 3 unspecified atom stereocenters. The number of hydrogen-bond acceptors (Lipinski definition) is 8. The third-order valence-corrected chi connectivity index (χ3v) is 9.16.